The molecule has 0 amide bonds. The summed E-state index contributed by atoms with van der Waals surface area (Å²) in [6, 6.07) is 59.7. The van der Waals surface area contributed by atoms with E-state index in [9.17, 15) is 5.11 Å². The molecule has 0 radical (unpaired) electrons. The molecule has 0 aromatic heterocycles. The van der Waals surface area contributed by atoms with E-state index in [1.807, 2.05) is 182 Å². The van der Waals surface area contributed by atoms with Crippen LogP contribution < -0.4 is 0 Å². The maximum absolute atomic E-state index is 11.4. The lowest BCUT2D eigenvalue weighted by atomic mass is 9.97. The highest BCUT2D eigenvalue weighted by Crippen LogP contribution is 2.34. The maximum atomic E-state index is 11.4. The van der Waals surface area contributed by atoms with Gasteiger partial charge in [-0.3, -0.25) is 0 Å². The first-order valence-corrected chi connectivity index (χ1v) is 21.7. The van der Waals surface area contributed by atoms with Crippen LogP contribution in [0.4, 0.5) is 0 Å². The minimum absolute atomic E-state index is 0.0177. The SMILES string of the molecule is O[C@@H]1O[C@H](CO[C@H]2O[C@H](COCc3ccccc3)[C@@H](OCc3ccccc3)[C@H](OCc3ccccc3)[C@H]2OCc2ccccc2)[C@@H](OCc2ccccc2)[C@@H]1OCc1ccccc1. The fourth-order valence-corrected chi connectivity index (χ4v) is 7.83. The predicted octanol–water partition coefficient (Wildman–Crippen LogP) is 8.59. The first-order chi connectivity index (χ1) is 31.2. The van der Waals surface area contributed by atoms with E-state index in [-0.39, 0.29) is 33.0 Å². The van der Waals surface area contributed by atoms with Gasteiger partial charge in [0.25, 0.3) is 0 Å². The van der Waals surface area contributed by atoms with Gasteiger partial charge >= 0.3 is 0 Å². The third-order valence-corrected chi connectivity index (χ3v) is 11.1. The van der Waals surface area contributed by atoms with Crippen molar-refractivity contribution in [3.05, 3.63) is 215 Å². The second kappa shape index (κ2) is 23.6. The molecule has 2 heterocycles. The summed E-state index contributed by atoms with van der Waals surface area (Å²) < 4.78 is 59.7. The quantitative estimate of drug-likeness (QED) is 0.0715. The zero-order valence-corrected chi connectivity index (χ0v) is 35.3. The van der Waals surface area contributed by atoms with Crippen molar-refractivity contribution in [2.75, 3.05) is 13.2 Å². The minimum Gasteiger partial charge on any atom is -0.374 e. The molecule has 2 fully saturated rings. The van der Waals surface area contributed by atoms with Crippen LogP contribution in [0.25, 0.3) is 0 Å². The zero-order chi connectivity index (χ0) is 42.9. The first-order valence-electron chi connectivity index (χ1n) is 21.7. The van der Waals surface area contributed by atoms with Gasteiger partial charge in [-0.15, -0.1) is 0 Å². The van der Waals surface area contributed by atoms with Crippen LogP contribution in [-0.4, -0.2) is 73.6 Å². The molecule has 0 aliphatic carbocycles. The van der Waals surface area contributed by atoms with Gasteiger partial charge in [-0.1, -0.05) is 182 Å². The fourth-order valence-electron chi connectivity index (χ4n) is 7.83. The Balaban J connectivity index is 1.08. The molecule has 9 atom stereocenters. The zero-order valence-electron chi connectivity index (χ0n) is 35.3. The Bertz CT molecular complexity index is 2150. The van der Waals surface area contributed by atoms with E-state index in [4.69, 9.17) is 42.6 Å². The number of hydrogen-bond acceptors (Lipinski definition) is 10. The van der Waals surface area contributed by atoms with E-state index in [1.165, 1.54) is 0 Å². The number of aliphatic hydroxyl groups excluding tert-OH is 1. The van der Waals surface area contributed by atoms with Crippen LogP contribution in [0.1, 0.15) is 33.4 Å². The highest BCUT2D eigenvalue weighted by molar-refractivity contribution is 5.18. The number of rotatable bonds is 22. The molecule has 8 rings (SSSR count). The number of ether oxygens (including phenoxy) is 9. The number of hydrogen-bond donors (Lipinski definition) is 1. The second-order valence-electron chi connectivity index (χ2n) is 15.7. The summed E-state index contributed by atoms with van der Waals surface area (Å²) in [5.74, 6) is 0. The molecule has 0 bridgehead atoms. The molecule has 328 valence electrons. The predicted molar refractivity (Wildman–Crippen MR) is 237 cm³/mol. The third-order valence-electron chi connectivity index (χ3n) is 11.1. The standard InChI is InChI=1S/C53H56O10/c54-52-50(59-35-43-27-15-5-16-28-43)48(57-33-41-23-11-3-12-24-41)46(62-52)38-61-53-51(60-36-44-29-17-6-18-30-44)49(58-34-42-25-13-4-14-26-42)47(56-32-40-21-9-2-10-22-40)45(63-53)37-55-31-39-19-7-1-8-20-39/h1-30,45-54H,31-38H2/t45-,46-,47-,48-,49+,50+,51-,52-,53+/m1/s1. The lowest BCUT2D eigenvalue weighted by molar-refractivity contribution is -0.332. The van der Waals surface area contributed by atoms with Crippen molar-refractivity contribution in [2.45, 2.75) is 94.9 Å². The van der Waals surface area contributed by atoms with Gasteiger partial charge in [-0.2, -0.15) is 0 Å². The van der Waals surface area contributed by atoms with E-state index in [0.29, 0.717) is 19.8 Å². The summed E-state index contributed by atoms with van der Waals surface area (Å²) in [6.07, 6.45) is -7.18. The van der Waals surface area contributed by atoms with Gasteiger partial charge in [-0.25, -0.2) is 0 Å². The van der Waals surface area contributed by atoms with Crippen molar-refractivity contribution in [2.24, 2.45) is 0 Å². The lowest BCUT2D eigenvalue weighted by Crippen LogP contribution is -2.62. The Kier molecular flexibility index (Phi) is 16.7. The molecule has 0 unspecified atom stereocenters. The van der Waals surface area contributed by atoms with Crippen LogP contribution in [0.15, 0.2) is 182 Å². The van der Waals surface area contributed by atoms with Crippen molar-refractivity contribution in [3.8, 4) is 0 Å². The van der Waals surface area contributed by atoms with E-state index in [0.717, 1.165) is 33.4 Å². The Morgan fingerprint density at radius 3 is 1.05 bits per heavy atom. The van der Waals surface area contributed by atoms with Gasteiger partial charge < -0.3 is 47.7 Å². The van der Waals surface area contributed by atoms with Crippen molar-refractivity contribution in [1.29, 1.82) is 0 Å². The van der Waals surface area contributed by atoms with Crippen LogP contribution in [0, 0.1) is 0 Å². The maximum Gasteiger partial charge on any atom is 0.187 e. The largest absolute Gasteiger partial charge is 0.374 e. The summed E-state index contributed by atoms with van der Waals surface area (Å²) >= 11 is 0. The van der Waals surface area contributed by atoms with Crippen molar-refractivity contribution < 1.29 is 47.7 Å². The fraction of sp³-hybridized carbons (Fsp3) is 0.321. The van der Waals surface area contributed by atoms with Gasteiger partial charge in [0, 0.05) is 0 Å². The third kappa shape index (κ3) is 13.0. The first kappa shape index (κ1) is 44.5. The van der Waals surface area contributed by atoms with Gasteiger partial charge in [-0.05, 0) is 33.4 Å². The Morgan fingerprint density at radius 2 is 0.635 bits per heavy atom. The normalized spacial score (nSPS) is 24.6. The molecular weight excluding hydrogens is 797 g/mol. The average molecular weight is 853 g/mol. The monoisotopic (exact) mass is 852 g/mol. The molecule has 0 spiro atoms. The van der Waals surface area contributed by atoms with Crippen LogP contribution >= 0.6 is 0 Å². The summed E-state index contributed by atoms with van der Waals surface area (Å²) in [7, 11) is 0. The van der Waals surface area contributed by atoms with Gasteiger partial charge in [0.1, 0.15) is 42.7 Å². The smallest absolute Gasteiger partial charge is 0.187 e. The molecule has 1 N–H and O–H groups in total. The van der Waals surface area contributed by atoms with Gasteiger partial charge in [0.15, 0.2) is 12.6 Å². The lowest BCUT2D eigenvalue weighted by Gasteiger charge is -2.46. The summed E-state index contributed by atoms with van der Waals surface area (Å²) in [4.78, 5) is 0. The molecule has 10 nitrogen and oxygen atoms in total. The van der Waals surface area contributed by atoms with Crippen molar-refractivity contribution in [1.82, 2.24) is 0 Å². The van der Waals surface area contributed by atoms with E-state index in [1.54, 1.807) is 0 Å². The molecule has 2 aliphatic heterocycles. The molecule has 2 aliphatic rings. The molecule has 6 aromatic rings. The van der Waals surface area contributed by atoms with Crippen molar-refractivity contribution in [3.63, 3.8) is 0 Å². The second-order valence-corrected chi connectivity index (χ2v) is 15.7. The summed E-state index contributed by atoms with van der Waals surface area (Å²) in [5.41, 5.74) is 5.95. The molecule has 10 heteroatoms. The average Bonchev–Trinajstić information content (AvgIpc) is 3.65. The van der Waals surface area contributed by atoms with Crippen LogP contribution in [0.3, 0.4) is 0 Å². The Morgan fingerprint density at radius 1 is 0.317 bits per heavy atom. The van der Waals surface area contributed by atoms with Gasteiger partial charge in [0.2, 0.25) is 0 Å². The number of aliphatic hydroxyl groups is 1. The molecule has 2 saturated heterocycles. The van der Waals surface area contributed by atoms with Crippen LogP contribution in [0.5, 0.6) is 0 Å². The number of benzene rings is 6. The summed E-state index contributed by atoms with van der Waals surface area (Å²) in [5, 5.41) is 11.4. The summed E-state index contributed by atoms with van der Waals surface area (Å²) in [6.45, 7) is 1.95. The van der Waals surface area contributed by atoms with E-state index >= 15 is 0 Å². The minimum atomic E-state index is -1.27. The Labute approximate surface area is 370 Å². The van der Waals surface area contributed by atoms with Crippen LogP contribution in [-0.2, 0) is 82.3 Å². The van der Waals surface area contributed by atoms with Crippen LogP contribution in [0.2, 0.25) is 0 Å². The topological polar surface area (TPSA) is 103 Å². The highest BCUT2D eigenvalue weighted by Gasteiger charge is 2.51. The van der Waals surface area contributed by atoms with E-state index < -0.39 is 55.3 Å². The molecular formula is C53H56O10. The Hall–Kier alpha value is -5.08. The highest BCUT2D eigenvalue weighted by atomic mass is 16.7. The molecule has 0 saturated carbocycles. The molecule has 63 heavy (non-hydrogen) atoms. The van der Waals surface area contributed by atoms with Crippen molar-refractivity contribution >= 4 is 0 Å². The van der Waals surface area contributed by atoms with E-state index in [2.05, 4.69) is 0 Å². The molecule has 6 aromatic carbocycles. The van der Waals surface area contributed by atoms with Gasteiger partial charge in [0.05, 0.1) is 52.9 Å².